The Hall–Kier alpha value is -3.35. The standard InChI is InChI=1S/C18H17NO6/c1-3-24-14-7-4-13(5-8-14)6-11-18(20)25-17-10-9-15(23-2)12-16(17)19(21)22/h4-12H,3H2,1-2H3/b11-6+. The molecule has 0 N–H and O–H groups in total. The molecule has 2 aromatic rings. The van der Waals surface area contributed by atoms with Crippen LogP contribution in [0.25, 0.3) is 6.08 Å². The number of nitrogens with zero attached hydrogens (tertiary/aromatic N) is 1. The van der Waals surface area contributed by atoms with Crippen LogP contribution in [-0.2, 0) is 4.79 Å². The highest BCUT2D eigenvalue weighted by Crippen LogP contribution is 2.31. The Morgan fingerprint density at radius 3 is 2.44 bits per heavy atom. The van der Waals surface area contributed by atoms with Crippen molar-refractivity contribution in [3.05, 3.63) is 64.2 Å². The predicted octanol–water partition coefficient (Wildman–Crippen LogP) is 3.62. The monoisotopic (exact) mass is 343 g/mol. The van der Waals surface area contributed by atoms with Crippen LogP contribution in [0.15, 0.2) is 48.5 Å². The summed E-state index contributed by atoms with van der Waals surface area (Å²) in [7, 11) is 1.39. The van der Waals surface area contributed by atoms with Crippen molar-refractivity contribution in [2.75, 3.05) is 13.7 Å². The summed E-state index contributed by atoms with van der Waals surface area (Å²) in [6, 6.07) is 11.1. The molecule has 0 heterocycles. The molecule has 25 heavy (non-hydrogen) atoms. The van der Waals surface area contributed by atoms with Crippen LogP contribution < -0.4 is 14.2 Å². The van der Waals surface area contributed by atoms with Gasteiger partial charge in [0.25, 0.3) is 0 Å². The van der Waals surface area contributed by atoms with Crippen molar-refractivity contribution in [1.82, 2.24) is 0 Å². The second kappa shape index (κ2) is 8.49. The fourth-order valence-electron chi connectivity index (χ4n) is 2.00. The number of hydrogen-bond acceptors (Lipinski definition) is 6. The number of benzene rings is 2. The molecule has 7 heteroatoms. The van der Waals surface area contributed by atoms with E-state index >= 15 is 0 Å². The average molecular weight is 343 g/mol. The van der Waals surface area contributed by atoms with Crippen molar-refractivity contribution in [1.29, 1.82) is 0 Å². The average Bonchev–Trinajstić information content (AvgIpc) is 2.61. The molecule has 0 unspecified atom stereocenters. The molecule has 0 aromatic heterocycles. The van der Waals surface area contributed by atoms with Gasteiger partial charge in [-0.2, -0.15) is 0 Å². The molecule has 0 aliphatic rings. The Balaban J connectivity index is 2.08. The third-order valence-electron chi connectivity index (χ3n) is 3.18. The molecule has 0 saturated heterocycles. The van der Waals surface area contributed by atoms with Gasteiger partial charge >= 0.3 is 11.7 Å². The van der Waals surface area contributed by atoms with E-state index in [0.717, 1.165) is 11.3 Å². The van der Waals surface area contributed by atoms with Crippen molar-refractivity contribution in [2.24, 2.45) is 0 Å². The minimum Gasteiger partial charge on any atom is -0.496 e. The van der Waals surface area contributed by atoms with Gasteiger partial charge < -0.3 is 14.2 Å². The summed E-state index contributed by atoms with van der Waals surface area (Å²) >= 11 is 0. The number of esters is 1. The summed E-state index contributed by atoms with van der Waals surface area (Å²) in [6.45, 7) is 2.46. The van der Waals surface area contributed by atoms with Gasteiger partial charge in [-0.3, -0.25) is 10.1 Å². The van der Waals surface area contributed by atoms with Crippen LogP contribution in [0, 0.1) is 10.1 Å². The number of ether oxygens (including phenoxy) is 3. The van der Waals surface area contributed by atoms with Crippen LogP contribution >= 0.6 is 0 Å². The van der Waals surface area contributed by atoms with Gasteiger partial charge in [0.15, 0.2) is 0 Å². The van der Waals surface area contributed by atoms with Crippen LogP contribution in [0.2, 0.25) is 0 Å². The zero-order valence-corrected chi connectivity index (χ0v) is 13.8. The first-order valence-corrected chi connectivity index (χ1v) is 7.48. The first kappa shape index (κ1) is 18.0. The maximum absolute atomic E-state index is 11.9. The highest BCUT2D eigenvalue weighted by atomic mass is 16.6. The number of carbonyl (C=O) groups excluding carboxylic acids is 1. The number of nitro groups is 1. The van der Waals surface area contributed by atoms with Gasteiger partial charge in [-0.05, 0) is 42.8 Å². The van der Waals surface area contributed by atoms with E-state index in [1.165, 1.54) is 31.4 Å². The quantitative estimate of drug-likeness (QED) is 0.251. The Kier molecular flexibility index (Phi) is 6.11. The van der Waals surface area contributed by atoms with E-state index in [0.29, 0.717) is 12.4 Å². The van der Waals surface area contributed by atoms with Crippen LogP contribution in [0.5, 0.6) is 17.2 Å². The van der Waals surface area contributed by atoms with E-state index in [-0.39, 0.29) is 11.4 Å². The third-order valence-corrected chi connectivity index (χ3v) is 3.18. The Morgan fingerprint density at radius 1 is 1.16 bits per heavy atom. The Labute approximate surface area is 144 Å². The third kappa shape index (κ3) is 5.07. The summed E-state index contributed by atoms with van der Waals surface area (Å²) < 4.78 is 15.3. The van der Waals surface area contributed by atoms with Crippen molar-refractivity contribution in [3.8, 4) is 17.2 Å². The van der Waals surface area contributed by atoms with Gasteiger partial charge in [0.1, 0.15) is 11.5 Å². The van der Waals surface area contributed by atoms with Gasteiger partial charge in [-0.25, -0.2) is 4.79 Å². The molecular formula is C18H17NO6. The number of methoxy groups -OCH3 is 1. The molecule has 0 aliphatic carbocycles. The van der Waals surface area contributed by atoms with Gasteiger partial charge in [0.2, 0.25) is 5.75 Å². The lowest BCUT2D eigenvalue weighted by Gasteiger charge is -2.05. The Morgan fingerprint density at radius 2 is 1.84 bits per heavy atom. The van der Waals surface area contributed by atoms with Gasteiger partial charge in [-0.1, -0.05) is 12.1 Å². The van der Waals surface area contributed by atoms with Crippen molar-refractivity contribution in [2.45, 2.75) is 6.92 Å². The van der Waals surface area contributed by atoms with Crippen molar-refractivity contribution >= 4 is 17.7 Å². The molecule has 0 spiro atoms. The summed E-state index contributed by atoms with van der Waals surface area (Å²) in [5, 5.41) is 11.1. The summed E-state index contributed by atoms with van der Waals surface area (Å²) in [5.41, 5.74) is 0.423. The molecule has 0 bridgehead atoms. The zero-order valence-electron chi connectivity index (χ0n) is 13.8. The first-order valence-electron chi connectivity index (χ1n) is 7.48. The van der Waals surface area contributed by atoms with E-state index < -0.39 is 10.9 Å². The zero-order chi connectivity index (χ0) is 18.2. The summed E-state index contributed by atoms with van der Waals surface area (Å²) in [4.78, 5) is 22.3. The molecular weight excluding hydrogens is 326 g/mol. The maximum atomic E-state index is 11.9. The van der Waals surface area contributed by atoms with E-state index in [4.69, 9.17) is 14.2 Å². The molecule has 0 atom stereocenters. The van der Waals surface area contributed by atoms with Gasteiger partial charge in [-0.15, -0.1) is 0 Å². The highest BCUT2D eigenvalue weighted by molar-refractivity contribution is 5.89. The van der Waals surface area contributed by atoms with Crippen LogP contribution in [-0.4, -0.2) is 24.6 Å². The molecule has 0 amide bonds. The minimum absolute atomic E-state index is 0.146. The number of carbonyl (C=O) groups is 1. The second-order valence-corrected chi connectivity index (χ2v) is 4.85. The van der Waals surface area contributed by atoms with E-state index in [2.05, 4.69) is 0 Å². The lowest BCUT2D eigenvalue weighted by molar-refractivity contribution is -0.385. The van der Waals surface area contributed by atoms with E-state index in [1.54, 1.807) is 30.3 Å². The molecule has 0 saturated carbocycles. The first-order chi connectivity index (χ1) is 12.0. The highest BCUT2D eigenvalue weighted by Gasteiger charge is 2.18. The maximum Gasteiger partial charge on any atom is 0.336 e. The normalized spacial score (nSPS) is 10.5. The van der Waals surface area contributed by atoms with Crippen molar-refractivity contribution < 1.29 is 23.9 Å². The molecule has 2 aromatic carbocycles. The Bertz CT molecular complexity index is 783. The lowest BCUT2D eigenvalue weighted by atomic mass is 10.2. The number of hydrogen-bond donors (Lipinski definition) is 0. The van der Waals surface area contributed by atoms with Crippen LogP contribution in [0.4, 0.5) is 5.69 Å². The molecule has 0 radical (unpaired) electrons. The van der Waals surface area contributed by atoms with Crippen LogP contribution in [0.1, 0.15) is 12.5 Å². The summed E-state index contributed by atoms with van der Waals surface area (Å²) in [6.07, 6.45) is 2.75. The van der Waals surface area contributed by atoms with Gasteiger partial charge in [0, 0.05) is 6.08 Å². The van der Waals surface area contributed by atoms with Gasteiger partial charge in [0.05, 0.1) is 24.7 Å². The number of rotatable bonds is 7. The smallest absolute Gasteiger partial charge is 0.336 e. The van der Waals surface area contributed by atoms with E-state index in [9.17, 15) is 14.9 Å². The summed E-state index contributed by atoms with van der Waals surface area (Å²) in [5.74, 6) is 0.168. The molecule has 130 valence electrons. The second-order valence-electron chi connectivity index (χ2n) is 4.85. The van der Waals surface area contributed by atoms with Crippen LogP contribution in [0.3, 0.4) is 0 Å². The van der Waals surface area contributed by atoms with Crippen molar-refractivity contribution in [3.63, 3.8) is 0 Å². The lowest BCUT2D eigenvalue weighted by Crippen LogP contribution is -2.06. The minimum atomic E-state index is -0.720. The molecule has 2 rings (SSSR count). The fourth-order valence-corrected chi connectivity index (χ4v) is 2.00. The fraction of sp³-hybridized carbons (Fsp3) is 0.167. The predicted molar refractivity (Wildman–Crippen MR) is 91.9 cm³/mol. The SMILES string of the molecule is CCOc1ccc(/C=C/C(=O)Oc2ccc(OC)cc2[N+](=O)[O-])cc1. The molecule has 7 nitrogen and oxygen atoms in total. The van der Waals surface area contributed by atoms with E-state index in [1.807, 2.05) is 6.92 Å². The molecule has 0 fully saturated rings. The number of nitro benzene ring substituents is 1. The molecule has 0 aliphatic heterocycles. The largest absolute Gasteiger partial charge is 0.496 e. The topological polar surface area (TPSA) is 87.9 Å².